The van der Waals surface area contributed by atoms with Gasteiger partial charge in [-0.1, -0.05) is 48.0 Å². The standard InChI is InChI=1S/C23H27ClN2O2/c1-28-21-9-5-3-7-19(21)23(18-6-2-4-8-20(18)24)26-22(27)14-15-12-16-10-11-17(13-15)25-16/h2-9,15-17,23,25H,10-14H2,1H3,(H,26,27). The topological polar surface area (TPSA) is 50.4 Å². The molecule has 148 valence electrons. The van der Waals surface area contributed by atoms with Crippen LogP contribution in [0, 0.1) is 5.92 Å². The number of nitrogens with one attached hydrogen (secondary N) is 2. The minimum absolute atomic E-state index is 0.0714. The summed E-state index contributed by atoms with van der Waals surface area (Å²) in [7, 11) is 1.65. The molecule has 2 aliphatic rings. The summed E-state index contributed by atoms with van der Waals surface area (Å²) in [6.45, 7) is 0. The van der Waals surface area contributed by atoms with Gasteiger partial charge in [-0.15, -0.1) is 0 Å². The van der Waals surface area contributed by atoms with Crippen LogP contribution >= 0.6 is 11.6 Å². The lowest BCUT2D eigenvalue weighted by molar-refractivity contribution is -0.122. The number of para-hydroxylation sites is 1. The number of fused-ring (bicyclic) bond motifs is 2. The average Bonchev–Trinajstić information content (AvgIpc) is 3.05. The molecule has 2 fully saturated rings. The van der Waals surface area contributed by atoms with E-state index in [4.69, 9.17) is 16.3 Å². The van der Waals surface area contributed by atoms with Crippen molar-refractivity contribution in [1.29, 1.82) is 0 Å². The zero-order valence-corrected chi connectivity index (χ0v) is 16.9. The molecule has 0 spiro atoms. The number of amides is 1. The van der Waals surface area contributed by atoms with Crippen molar-refractivity contribution < 1.29 is 9.53 Å². The molecule has 3 unspecified atom stereocenters. The molecule has 3 atom stereocenters. The van der Waals surface area contributed by atoms with E-state index in [1.165, 1.54) is 12.8 Å². The summed E-state index contributed by atoms with van der Waals surface area (Å²) < 4.78 is 5.55. The second kappa shape index (κ2) is 8.54. The van der Waals surface area contributed by atoms with Crippen LogP contribution in [-0.4, -0.2) is 25.1 Å². The van der Waals surface area contributed by atoms with E-state index in [9.17, 15) is 4.79 Å². The van der Waals surface area contributed by atoms with Crippen LogP contribution in [0.5, 0.6) is 5.75 Å². The summed E-state index contributed by atoms with van der Waals surface area (Å²) in [6, 6.07) is 16.3. The van der Waals surface area contributed by atoms with Gasteiger partial charge in [-0.05, 0) is 49.3 Å². The van der Waals surface area contributed by atoms with Crippen LogP contribution in [0.25, 0.3) is 0 Å². The Hall–Kier alpha value is -2.04. The zero-order valence-electron chi connectivity index (χ0n) is 16.2. The molecule has 1 amide bonds. The van der Waals surface area contributed by atoms with Gasteiger partial charge in [-0.2, -0.15) is 0 Å². The molecule has 2 bridgehead atoms. The highest BCUT2D eigenvalue weighted by Gasteiger charge is 2.34. The highest BCUT2D eigenvalue weighted by Crippen LogP contribution is 2.35. The number of benzene rings is 2. The maximum Gasteiger partial charge on any atom is 0.221 e. The van der Waals surface area contributed by atoms with Crippen molar-refractivity contribution in [3.63, 3.8) is 0 Å². The molecule has 2 saturated heterocycles. The summed E-state index contributed by atoms with van der Waals surface area (Å²) in [5.74, 6) is 1.26. The first-order valence-electron chi connectivity index (χ1n) is 10.1. The molecule has 2 aromatic carbocycles. The second-order valence-corrected chi connectivity index (χ2v) is 8.35. The molecular weight excluding hydrogens is 372 g/mol. The molecule has 2 aromatic rings. The van der Waals surface area contributed by atoms with Gasteiger partial charge in [0.2, 0.25) is 5.91 Å². The molecule has 2 N–H and O–H groups in total. The fraction of sp³-hybridized carbons (Fsp3) is 0.435. The Bertz CT molecular complexity index is 829. The van der Waals surface area contributed by atoms with Gasteiger partial charge in [0.1, 0.15) is 5.75 Å². The van der Waals surface area contributed by atoms with Crippen LogP contribution in [-0.2, 0) is 4.79 Å². The first-order valence-corrected chi connectivity index (χ1v) is 10.4. The Balaban J connectivity index is 1.55. The fourth-order valence-corrected chi connectivity index (χ4v) is 5.01. The van der Waals surface area contributed by atoms with Gasteiger partial charge < -0.3 is 15.4 Å². The van der Waals surface area contributed by atoms with E-state index in [2.05, 4.69) is 10.6 Å². The third kappa shape index (κ3) is 4.18. The summed E-state index contributed by atoms with van der Waals surface area (Å²) in [4.78, 5) is 13.0. The Morgan fingerprint density at radius 3 is 2.43 bits per heavy atom. The highest BCUT2D eigenvalue weighted by molar-refractivity contribution is 6.31. The molecule has 0 saturated carbocycles. The van der Waals surface area contributed by atoms with E-state index in [0.29, 0.717) is 29.4 Å². The van der Waals surface area contributed by atoms with Crippen molar-refractivity contribution in [1.82, 2.24) is 10.6 Å². The molecule has 5 heteroatoms. The summed E-state index contributed by atoms with van der Waals surface area (Å²) >= 11 is 6.49. The van der Waals surface area contributed by atoms with Gasteiger partial charge in [0.25, 0.3) is 0 Å². The van der Waals surface area contributed by atoms with Crippen molar-refractivity contribution in [2.24, 2.45) is 5.92 Å². The molecule has 0 radical (unpaired) electrons. The Labute approximate surface area is 171 Å². The number of methoxy groups -OCH3 is 1. The SMILES string of the molecule is COc1ccccc1C(NC(=O)CC1CC2CCC(C1)N2)c1ccccc1Cl. The Morgan fingerprint density at radius 2 is 1.75 bits per heavy atom. The zero-order chi connectivity index (χ0) is 19.5. The van der Waals surface area contributed by atoms with Crippen molar-refractivity contribution in [3.8, 4) is 5.75 Å². The molecule has 4 rings (SSSR count). The number of hydrogen-bond acceptors (Lipinski definition) is 3. The van der Waals surface area contributed by atoms with E-state index in [1.54, 1.807) is 7.11 Å². The highest BCUT2D eigenvalue weighted by atomic mass is 35.5. The number of hydrogen-bond donors (Lipinski definition) is 2. The predicted molar refractivity (Wildman–Crippen MR) is 112 cm³/mol. The van der Waals surface area contributed by atoms with E-state index < -0.39 is 0 Å². The quantitative estimate of drug-likeness (QED) is 0.754. The lowest BCUT2D eigenvalue weighted by atomic mass is 9.89. The number of ether oxygens (including phenoxy) is 1. The normalized spacial score (nSPS) is 24.6. The number of carbonyl (C=O) groups excluding carboxylic acids is 1. The summed E-state index contributed by atoms with van der Waals surface area (Å²) in [6.07, 6.45) is 5.23. The van der Waals surface area contributed by atoms with Gasteiger partial charge in [0.05, 0.1) is 13.2 Å². The molecule has 28 heavy (non-hydrogen) atoms. The molecule has 2 heterocycles. The van der Waals surface area contributed by atoms with Crippen LogP contribution in [0.1, 0.15) is 49.3 Å². The van der Waals surface area contributed by atoms with Gasteiger partial charge in [-0.3, -0.25) is 4.79 Å². The van der Waals surface area contributed by atoms with Crippen molar-refractivity contribution >= 4 is 17.5 Å². The summed E-state index contributed by atoms with van der Waals surface area (Å²) in [5, 5.41) is 7.52. The first-order chi connectivity index (χ1) is 13.6. The maximum atomic E-state index is 13.0. The molecule has 2 aliphatic heterocycles. The van der Waals surface area contributed by atoms with Crippen molar-refractivity contribution in [3.05, 3.63) is 64.7 Å². The van der Waals surface area contributed by atoms with Crippen LogP contribution in [0.3, 0.4) is 0 Å². The maximum absolute atomic E-state index is 13.0. The Morgan fingerprint density at radius 1 is 1.11 bits per heavy atom. The second-order valence-electron chi connectivity index (χ2n) is 7.94. The third-order valence-electron chi connectivity index (χ3n) is 6.02. The van der Waals surface area contributed by atoms with E-state index in [-0.39, 0.29) is 11.9 Å². The first kappa shape index (κ1) is 19.3. The monoisotopic (exact) mass is 398 g/mol. The minimum Gasteiger partial charge on any atom is -0.496 e. The van der Waals surface area contributed by atoms with E-state index in [1.807, 2.05) is 48.5 Å². The minimum atomic E-state index is -0.337. The van der Waals surface area contributed by atoms with Gasteiger partial charge >= 0.3 is 0 Å². The fourth-order valence-electron chi connectivity index (χ4n) is 4.76. The van der Waals surface area contributed by atoms with Crippen LogP contribution in [0.4, 0.5) is 0 Å². The van der Waals surface area contributed by atoms with E-state index in [0.717, 1.165) is 29.7 Å². The average molecular weight is 399 g/mol. The Kier molecular flexibility index (Phi) is 5.88. The van der Waals surface area contributed by atoms with Gasteiger partial charge in [0.15, 0.2) is 0 Å². The lowest BCUT2D eigenvalue weighted by Crippen LogP contribution is -2.40. The lowest BCUT2D eigenvalue weighted by Gasteiger charge is -2.29. The predicted octanol–water partition coefficient (Wildman–Crippen LogP) is 4.47. The number of carbonyl (C=O) groups is 1. The van der Waals surface area contributed by atoms with Crippen LogP contribution in [0.15, 0.2) is 48.5 Å². The van der Waals surface area contributed by atoms with Crippen molar-refractivity contribution in [2.75, 3.05) is 7.11 Å². The van der Waals surface area contributed by atoms with Gasteiger partial charge in [-0.25, -0.2) is 0 Å². The summed E-state index contributed by atoms with van der Waals surface area (Å²) in [5.41, 5.74) is 1.80. The number of halogens is 1. The molecule has 4 nitrogen and oxygen atoms in total. The van der Waals surface area contributed by atoms with Crippen molar-refractivity contribution in [2.45, 2.75) is 50.2 Å². The van der Waals surface area contributed by atoms with E-state index >= 15 is 0 Å². The largest absolute Gasteiger partial charge is 0.496 e. The van der Waals surface area contributed by atoms with Crippen LogP contribution < -0.4 is 15.4 Å². The van der Waals surface area contributed by atoms with Crippen LogP contribution in [0.2, 0.25) is 5.02 Å². The molecule has 0 aromatic heterocycles. The molecular formula is C23H27ClN2O2. The number of piperidine rings is 1. The number of rotatable bonds is 6. The third-order valence-corrected chi connectivity index (χ3v) is 6.36. The smallest absolute Gasteiger partial charge is 0.221 e. The molecule has 0 aliphatic carbocycles. The van der Waals surface area contributed by atoms with Gasteiger partial charge in [0, 0.05) is 29.1 Å².